The summed E-state index contributed by atoms with van der Waals surface area (Å²) in [5, 5.41) is 9.98. The first-order chi connectivity index (χ1) is 11.4. The van der Waals surface area contributed by atoms with Crippen molar-refractivity contribution in [2.75, 3.05) is 13.2 Å². The summed E-state index contributed by atoms with van der Waals surface area (Å²) in [5.41, 5.74) is -1.44. The smallest absolute Gasteiger partial charge is 0.327 e. The van der Waals surface area contributed by atoms with E-state index in [-0.39, 0.29) is 19.1 Å². The molecule has 2 unspecified atom stereocenters. The molecule has 5 heteroatoms. The molecule has 0 saturated heterocycles. The average Bonchev–Trinajstić information content (AvgIpc) is 3.05. The predicted octanol–water partition coefficient (Wildman–Crippen LogP) is 3.87. The minimum Gasteiger partial charge on any atom is -0.466 e. The van der Waals surface area contributed by atoms with Gasteiger partial charge in [-0.3, -0.25) is 9.59 Å². The molecule has 24 heavy (non-hydrogen) atoms. The van der Waals surface area contributed by atoms with E-state index in [1.54, 1.807) is 13.8 Å². The van der Waals surface area contributed by atoms with Crippen molar-refractivity contribution in [2.24, 2.45) is 23.2 Å². The summed E-state index contributed by atoms with van der Waals surface area (Å²) in [6.07, 6.45) is 4.78. The van der Waals surface area contributed by atoms with Crippen LogP contribution in [0, 0.1) is 34.5 Å². The van der Waals surface area contributed by atoms with Crippen LogP contribution in [0.15, 0.2) is 0 Å². The molecule has 0 heterocycles. The van der Waals surface area contributed by atoms with Crippen LogP contribution in [0.5, 0.6) is 0 Å². The van der Waals surface area contributed by atoms with Crippen LogP contribution in [-0.4, -0.2) is 25.2 Å². The first kappa shape index (κ1) is 20.5. The van der Waals surface area contributed by atoms with Crippen molar-refractivity contribution < 1.29 is 19.1 Å². The van der Waals surface area contributed by atoms with Gasteiger partial charge in [0.2, 0.25) is 0 Å². The zero-order valence-corrected chi connectivity index (χ0v) is 15.5. The van der Waals surface area contributed by atoms with Crippen LogP contribution >= 0.6 is 0 Å². The van der Waals surface area contributed by atoms with Crippen LogP contribution in [0.4, 0.5) is 0 Å². The lowest BCUT2D eigenvalue weighted by Crippen LogP contribution is -2.47. The summed E-state index contributed by atoms with van der Waals surface area (Å²) in [7, 11) is 0. The Labute approximate surface area is 145 Å². The number of nitriles is 1. The van der Waals surface area contributed by atoms with Crippen molar-refractivity contribution in [3.05, 3.63) is 0 Å². The van der Waals surface area contributed by atoms with Gasteiger partial charge >= 0.3 is 11.9 Å². The van der Waals surface area contributed by atoms with Crippen LogP contribution in [-0.2, 0) is 19.1 Å². The number of esters is 2. The van der Waals surface area contributed by atoms with Crippen molar-refractivity contribution in [3.8, 4) is 6.07 Å². The number of carbonyl (C=O) groups excluding carboxylic acids is 2. The maximum Gasteiger partial charge on any atom is 0.327 e. The van der Waals surface area contributed by atoms with Crippen molar-refractivity contribution in [3.63, 3.8) is 0 Å². The molecule has 1 fully saturated rings. The number of ether oxygens (including phenoxy) is 2. The number of hydrogen-bond donors (Lipinski definition) is 0. The molecule has 0 amide bonds. The second-order valence-corrected chi connectivity index (χ2v) is 7.01. The van der Waals surface area contributed by atoms with Crippen LogP contribution in [0.1, 0.15) is 66.2 Å². The Morgan fingerprint density at radius 3 is 2.21 bits per heavy atom. The number of nitrogens with zero attached hydrogens (tertiary/aromatic N) is 1. The van der Waals surface area contributed by atoms with Crippen LogP contribution in [0.2, 0.25) is 0 Å². The largest absolute Gasteiger partial charge is 0.466 e. The quantitative estimate of drug-likeness (QED) is 0.597. The molecule has 0 aromatic heterocycles. The lowest BCUT2D eigenvalue weighted by atomic mass is 9.66. The molecule has 2 atom stereocenters. The van der Waals surface area contributed by atoms with Gasteiger partial charge in [-0.1, -0.05) is 26.7 Å². The highest BCUT2D eigenvalue weighted by Gasteiger charge is 2.55. The van der Waals surface area contributed by atoms with Gasteiger partial charge in [-0.25, -0.2) is 0 Å². The Morgan fingerprint density at radius 2 is 1.75 bits per heavy atom. The predicted molar refractivity (Wildman–Crippen MR) is 90.8 cm³/mol. The van der Waals surface area contributed by atoms with Gasteiger partial charge in [-0.2, -0.15) is 5.26 Å². The molecule has 136 valence electrons. The highest BCUT2D eigenvalue weighted by Crippen LogP contribution is 2.46. The third kappa shape index (κ3) is 4.72. The molecule has 0 aromatic carbocycles. The van der Waals surface area contributed by atoms with E-state index < -0.39 is 23.3 Å². The van der Waals surface area contributed by atoms with Gasteiger partial charge in [0, 0.05) is 0 Å². The van der Waals surface area contributed by atoms with E-state index in [4.69, 9.17) is 9.47 Å². The fourth-order valence-corrected chi connectivity index (χ4v) is 3.65. The first-order valence-corrected chi connectivity index (χ1v) is 9.18. The maximum absolute atomic E-state index is 12.8. The molecule has 5 nitrogen and oxygen atoms in total. The molecular formula is C19H31NO4. The highest BCUT2D eigenvalue weighted by atomic mass is 16.5. The Hall–Kier alpha value is -1.57. The average molecular weight is 337 g/mol. The molecule has 0 bridgehead atoms. The minimum absolute atomic E-state index is 0.0141. The second-order valence-electron chi connectivity index (χ2n) is 7.01. The van der Waals surface area contributed by atoms with E-state index in [0.29, 0.717) is 18.8 Å². The molecule has 0 aliphatic heterocycles. The number of rotatable bonds is 9. The molecule has 1 rings (SSSR count). The second kappa shape index (κ2) is 9.66. The van der Waals surface area contributed by atoms with Gasteiger partial charge < -0.3 is 9.47 Å². The van der Waals surface area contributed by atoms with Crippen LogP contribution in [0.25, 0.3) is 0 Å². The van der Waals surface area contributed by atoms with Gasteiger partial charge in [0.1, 0.15) is 0 Å². The molecule has 1 aliphatic rings. The highest BCUT2D eigenvalue weighted by molar-refractivity contribution is 5.88. The fraction of sp³-hybridized carbons (Fsp3) is 0.842. The third-order valence-electron chi connectivity index (χ3n) is 4.90. The standard InChI is InChI=1S/C19H31NO4/c1-5-23-17(21)16(15-9-7-8-10-15)19(13-20,12-11-14(3)4)18(22)24-6-2/h14-16H,5-12H2,1-4H3. The molecule has 0 radical (unpaired) electrons. The SMILES string of the molecule is CCOC(=O)C(C1CCCC1)C(C#N)(CCC(C)C)C(=O)OCC. The van der Waals surface area contributed by atoms with Crippen molar-refractivity contribution >= 4 is 11.9 Å². The Bertz CT molecular complexity index is 462. The van der Waals surface area contributed by atoms with Gasteiger partial charge in [0.25, 0.3) is 0 Å². The van der Waals surface area contributed by atoms with E-state index in [1.807, 2.05) is 13.8 Å². The normalized spacial score (nSPS) is 18.7. The molecule has 1 aliphatic carbocycles. The summed E-state index contributed by atoms with van der Waals surface area (Å²) in [6, 6.07) is 2.20. The first-order valence-electron chi connectivity index (χ1n) is 9.18. The summed E-state index contributed by atoms with van der Waals surface area (Å²) in [5.74, 6) is -1.39. The number of hydrogen-bond acceptors (Lipinski definition) is 5. The van der Waals surface area contributed by atoms with Crippen molar-refractivity contribution in [1.82, 2.24) is 0 Å². The third-order valence-corrected chi connectivity index (χ3v) is 4.90. The van der Waals surface area contributed by atoms with Crippen LogP contribution in [0.3, 0.4) is 0 Å². The maximum atomic E-state index is 12.8. The van der Waals surface area contributed by atoms with E-state index in [1.165, 1.54) is 0 Å². The van der Waals surface area contributed by atoms with Crippen LogP contribution < -0.4 is 0 Å². The molecule has 1 saturated carbocycles. The zero-order valence-electron chi connectivity index (χ0n) is 15.5. The summed E-state index contributed by atoms with van der Waals surface area (Å²) >= 11 is 0. The number of carbonyl (C=O) groups is 2. The van der Waals surface area contributed by atoms with Crippen molar-refractivity contribution in [1.29, 1.82) is 5.26 Å². The minimum atomic E-state index is -1.44. The van der Waals surface area contributed by atoms with Gasteiger partial charge in [0.05, 0.1) is 25.2 Å². The van der Waals surface area contributed by atoms with E-state index >= 15 is 0 Å². The Kier molecular flexibility index (Phi) is 8.24. The van der Waals surface area contributed by atoms with Crippen molar-refractivity contribution in [2.45, 2.75) is 66.2 Å². The topological polar surface area (TPSA) is 76.4 Å². The van der Waals surface area contributed by atoms with E-state index in [2.05, 4.69) is 6.07 Å². The fourth-order valence-electron chi connectivity index (χ4n) is 3.65. The Balaban J connectivity index is 3.27. The lowest BCUT2D eigenvalue weighted by molar-refractivity contribution is -0.168. The molecule has 0 aromatic rings. The summed E-state index contributed by atoms with van der Waals surface area (Å²) in [6.45, 7) is 8.00. The monoisotopic (exact) mass is 337 g/mol. The zero-order chi connectivity index (χ0) is 18.2. The molecule has 0 N–H and O–H groups in total. The summed E-state index contributed by atoms with van der Waals surface area (Å²) < 4.78 is 10.5. The van der Waals surface area contributed by atoms with E-state index in [9.17, 15) is 14.9 Å². The van der Waals surface area contributed by atoms with Gasteiger partial charge in [-0.05, 0) is 51.4 Å². The lowest BCUT2D eigenvalue weighted by Gasteiger charge is -2.35. The Morgan fingerprint density at radius 1 is 1.17 bits per heavy atom. The molecular weight excluding hydrogens is 306 g/mol. The summed E-state index contributed by atoms with van der Waals surface area (Å²) in [4.78, 5) is 25.5. The van der Waals surface area contributed by atoms with Gasteiger partial charge in [0.15, 0.2) is 5.41 Å². The van der Waals surface area contributed by atoms with Gasteiger partial charge in [-0.15, -0.1) is 0 Å². The van der Waals surface area contributed by atoms with E-state index in [0.717, 1.165) is 25.7 Å². The molecule has 0 spiro atoms.